The molecule has 2 unspecified atom stereocenters. The molecule has 2 bridgehead atoms. The van der Waals surface area contributed by atoms with Crippen molar-refractivity contribution in [2.45, 2.75) is 58.2 Å². The molecule has 5 aromatic rings. The minimum absolute atomic E-state index is 0.0497. The molecule has 2 saturated carbocycles. The van der Waals surface area contributed by atoms with Gasteiger partial charge in [0.25, 0.3) is 5.91 Å². The molecule has 0 radical (unpaired) electrons. The predicted molar refractivity (Wildman–Crippen MR) is 168 cm³/mol. The van der Waals surface area contributed by atoms with Gasteiger partial charge in [-0.2, -0.15) is 5.10 Å². The summed E-state index contributed by atoms with van der Waals surface area (Å²) in [6.45, 7) is 5.73. The zero-order chi connectivity index (χ0) is 29.6. The van der Waals surface area contributed by atoms with E-state index in [0.29, 0.717) is 23.0 Å². The number of amides is 2. The lowest BCUT2D eigenvalue weighted by molar-refractivity contribution is 0.0700. The number of nitrogens with zero attached hydrogens (tertiary/aromatic N) is 4. The molecule has 0 spiro atoms. The Morgan fingerprint density at radius 3 is 2.42 bits per heavy atom. The van der Waals surface area contributed by atoms with Gasteiger partial charge >= 0.3 is 0 Å². The van der Waals surface area contributed by atoms with Crippen molar-refractivity contribution >= 4 is 28.2 Å². The molecule has 2 aromatic carbocycles. The number of likely N-dealkylation sites (tertiary alicyclic amines) is 1. The van der Waals surface area contributed by atoms with Gasteiger partial charge in [0.15, 0.2) is 0 Å². The topological polar surface area (TPSA) is 112 Å². The summed E-state index contributed by atoms with van der Waals surface area (Å²) >= 11 is 0. The number of primary amides is 1. The fraction of sp³-hybridized carbons (Fsp3) is 0.343. The zero-order valence-corrected chi connectivity index (χ0v) is 24.6. The van der Waals surface area contributed by atoms with Gasteiger partial charge in [-0.3, -0.25) is 9.59 Å². The molecule has 43 heavy (non-hydrogen) atoms. The zero-order valence-electron chi connectivity index (χ0n) is 24.6. The van der Waals surface area contributed by atoms with Crippen molar-refractivity contribution in [3.8, 4) is 22.5 Å². The number of aryl methyl sites for hydroxylation is 2. The Hall–Kier alpha value is -4.43. The maximum Gasteiger partial charge on any atom is 0.255 e. The lowest BCUT2D eigenvalue weighted by Gasteiger charge is -2.27. The second-order valence-corrected chi connectivity index (χ2v) is 12.9. The molecule has 1 aliphatic heterocycles. The molecule has 4 heterocycles. The number of carbonyl (C=O) groups excluding carboxylic acids is 2. The minimum atomic E-state index is -0.408. The Morgan fingerprint density at radius 1 is 0.930 bits per heavy atom. The van der Waals surface area contributed by atoms with E-state index < -0.39 is 5.91 Å². The first-order valence-corrected chi connectivity index (χ1v) is 15.4. The molecule has 3 fully saturated rings. The molecule has 2 amide bonds. The van der Waals surface area contributed by atoms with Crippen molar-refractivity contribution in [2.75, 3.05) is 6.54 Å². The van der Waals surface area contributed by atoms with E-state index in [2.05, 4.69) is 35.8 Å². The van der Waals surface area contributed by atoms with Gasteiger partial charge in [-0.05, 0) is 98.4 Å². The Bertz CT molecular complexity index is 1960. The fourth-order valence-corrected chi connectivity index (χ4v) is 7.50. The number of hydrogen-bond acceptors (Lipinski definition) is 4. The minimum Gasteiger partial charge on any atom is -0.366 e. The van der Waals surface area contributed by atoms with Gasteiger partial charge in [-0.25, -0.2) is 4.52 Å². The number of pyridine rings is 1. The number of aromatic nitrogens is 3. The normalized spacial score (nSPS) is 21.4. The van der Waals surface area contributed by atoms with Gasteiger partial charge in [0.2, 0.25) is 5.91 Å². The summed E-state index contributed by atoms with van der Waals surface area (Å²) in [7, 11) is 0. The van der Waals surface area contributed by atoms with Crippen LogP contribution in [-0.4, -0.2) is 49.5 Å². The van der Waals surface area contributed by atoms with Crippen molar-refractivity contribution in [2.24, 2.45) is 23.3 Å². The van der Waals surface area contributed by atoms with Crippen LogP contribution in [0.2, 0.25) is 0 Å². The van der Waals surface area contributed by atoms with E-state index >= 15 is 0 Å². The fourth-order valence-electron chi connectivity index (χ4n) is 7.50. The molecule has 8 rings (SSSR count). The van der Waals surface area contributed by atoms with Crippen LogP contribution in [0.25, 0.3) is 38.9 Å². The van der Waals surface area contributed by atoms with E-state index in [4.69, 9.17) is 16.6 Å². The molecule has 4 N–H and O–H groups in total. The number of rotatable bonds is 6. The van der Waals surface area contributed by atoms with Crippen molar-refractivity contribution < 1.29 is 9.59 Å². The quantitative estimate of drug-likeness (QED) is 0.287. The van der Waals surface area contributed by atoms with Gasteiger partial charge in [-0.1, -0.05) is 24.3 Å². The van der Waals surface area contributed by atoms with Crippen LogP contribution in [0.3, 0.4) is 0 Å². The van der Waals surface area contributed by atoms with Crippen LogP contribution in [0, 0.1) is 25.7 Å². The second-order valence-electron chi connectivity index (χ2n) is 12.9. The first kappa shape index (κ1) is 26.2. The van der Waals surface area contributed by atoms with E-state index in [1.807, 2.05) is 52.9 Å². The molecular weight excluding hydrogens is 536 g/mol. The van der Waals surface area contributed by atoms with Gasteiger partial charge in [0.1, 0.15) is 5.69 Å². The highest BCUT2D eigenvalue weighted by molar-refractivity contribution is 5.96. The summed E-state index contributed by atoms with van der Waals surface area (Å²) in [6.07, 6.45) is 6.48. The van der Waals surface area contributed by atoms with Crippen LogP contribution in [-0.2, 0) is 6.54 Å². The summed E-state index contributed by atoms with van der Waals surface area (Å²) < 4.78 is 4.30. The summed E-state index contributed by atoms with van der Waals surface area (Å²) in [5.41, 5.74) is 21.5. The van der Waals surface area contributed by atoms with Gasteiger partial charge in [0.05, 0.1) is 16.8 Å². The van der Waals surface area contributed by atoms with E-state index in [9.17, 15) is 9.59 Å². The van der Waals surface area contributed by atoms with Crippen LogP contribution in [0.4, 0.5) is 0 Å². The van der Waals surface area contributed by atoms with Crippen LogP contribution in [0.15, 0.2) is 60.8 Å². The summed E-state index contributed by atoms with van der Waals surface area (Å²) in [4.78, 5) is 27.3. The van der Waals surface area contributed by atoms with E-state index in [1.165, 1.54) is 18.4 Å². The average Bonchev–Trinajstić information content (AvgIpc) is 3.41. The van der Waals surface area contributed by atoms with Crippen LogP contribution in [0.5, 0.6) is 0 Å². The number of piperidine rings is 1. The Morgan fingerprint density at radius 2 is 1.72 bits per heavy atom. The largest absolute Gasteiger partial charge is 0.366 e. The maximum absolute atomic E-state index is 13.5. The lowest BCUT2D eigenvalue weighted by atomic mass is 9.99. The van der Waals surface area contributed by atoms with Crippen LogP contribution >= 0.6 is 0 Å². The summed E-state index contributed by atoms with van der Waals surface area (Å²) in [5, 5.41) is 6.24. The number of benzene rings is 2. The van der Waals surface area contributed by atoms with E-state index in [1.54, 1.807) is 0 Å². The third-order valence-corrected chi connectivity index (χ3v) is 10.1. The monoisotopic (exact) mass is 572 g/mol. The number of nitrogens with two attached hydrogens (primary N) is 2. The van der Waals surface area contributed by atoms with Gasteiger partial charge in [-0.15, -0.1) is 0 Å². The highest BCUT2D eigenvalue weighted by Gasteiger charge is 2.46. The molecule has 1 saturated heterocycles. The highest BCUT2D eigenvalue weighted by Crippen LogP contribution is 2.39. The van der Waals surface area contributed by atoms with Crippen molar-refractivity contribution in [3.63, 3.8) is 0 Å². The van der Waals surface area contributed by atoms with E-state index in [-0.39, 0.29) is 18.0 Å². The summed E-state index contributed by atoms with van der Waals surface area (Å²) in [5.74, 6) is 0.727. The smallest absolute Gasteiger partial charge is 0.255 e. The molecular formula is C35H36N6O2. The average molecular weight is 573 g/mol. The lowest BCUT2D eigenvalue weighted by Crippen LogP contribution is -2.41. The predicted octanol–water partition coefficient (Wildman–Crippen LogP) is 5.31. The Labute approximate surface area is 250 Å². The third-order valence-electron chi connectivity index (χ3n) is 10.1. The molecule has 3 aliphatic rings. The van der Waals surface area contributed by atoms with Crippen molar-refractivity contribution in [1.29, 1.82) is 0 Å². The highest BCUT2D eigenvalue weighted by atomic mass is 16.2. The number of fused-ring (bicyclic) bond motifs is 4. The van der Waals surface area contributed by atoms with Gasteiger partial charge in [0, 0.05) is 53.4 Å². The first-order chi connectivity index (χ1) is 20.8. The van der Waals surface area contributed by atoms with Crippen molar-refractivity contribution in [1.82, 2.24) is 19.1 Å². The van der Waals surface area contributed by atoms with Gasteiger partial charge < -0.3 is 20.9 Å². The number of carbonyl (C=O) groups is 2. The van der Waals surface area contributed by atoms with E-state index in [0.717, 1.165) is 70.5 Å². The van der Waals surface area contributed by atoms with Crippen LogP contribution < -0.4 is 11.5 Å². The summed E-state index contributed by atoms with van der Waals surface area (Å²) in [6, 6.07) is 18.8. The molecule has 3 atom stereocenters. The molecule has 218 valence electrons. The van der Waals surface area contributed by atoms with Crippen molar-refractivity contribution in [3.05, 3.63) is 83.0 Å². The third kappa shape index (κ3) is 4.19. The molecule has 2 aliphatic carbocycles. The second kappa shape index (κ2) is 9.54. The molecule has 8 heteroatoms. The first-order valence-electron chi connectivity index (χ1n) is 15.4. The molecule has 8 nitrogen and oxygen atoms in total. The number of hydrogen-bond donors (Lipinski definition) is 2. The molecule has 3 aromatic heterocycles. The standard InChI is InChI=1S/C35H36N6O2/c1-19-13-22(7-10-27(19)34(37)42)23-5-6-24-15-31(39(30(24)14-23)16-21-3-4-21)33-20(2)28-11-9-26(18-41(28)38-33)35(43)40-17-25-8-12-29(40)32(25)36/h5-7,9-11,13-15,18,21,25,29,32H,3-4,8,12,16-17,36H2,1-2H3,(H2,37,42)/t25?,29?,32-/m1/s1. The SMILES string of the molecule is Cc1cc(-c2ccc3cc(-c4nn5cc(C(=O)N6CC7CCC6[C@@H]7N)ccc5c4C)n(CC4CC4)c3c2)ccc1C(N)=O. The Balaban J connectivity index is 1.19. The maximum atomic E-state index is 13.5. The Kier molecular flexibility index (Phi) is 5.82. The van der Waals surface area contributed by atoms with Crippen LogP contribution in [0.1, 0.15) is 57.5 Å².